The minimum absolute atomic E-state index is 0.275. The predicted molar refractivity (Wildman–Crippen MR) is 69.8 cm³/mol. The molecule has 0 bridgehead atoms. The van der Waals surface area contributed by atoms with Crippen molar-refractivity contribution in [2.24, 2.45) is 0 Å². The van der Waals surface area contributed by atoms with Gasteiger partial charge in [0.15, 0.2) is 0 Å². The number of hydrogen-bond acceptors (Lipinski definition) is 2. The van der Waals surface area contributed by atoms with Crippen molar-refractivity contribution in [1.29, 1.82) is 0 Å². The van der Waals surface area contributed by atoms with Crippen molar-refractivity contribution < 1.29 is 0 Å². The molecule has 0 fully saturated rings. The lowest BCUT2D eigenvalue weighted by Gasteiger charge is -2.36. The lowest BCUT2D eigenvalue weighted by molar-refractivity contribution is 0.730. The van der Waals surface area contributed by atoms with Gasteiger partial charge in [0, 0.05) is 16.8 Å². The first-order valence-electron chi connectivity index (χ1n) is 5.43. The van der Waals surface area contributed by atoms with Crippen molar-refractivity contribution in [3.63, 3.8) is 0 Å². The molecule has 0 aromatic heterocycles. The molecule has 1 aliphatic heterocycles. The Morgan fingerprint density at radius 2 is 1.62 bits per heavy atom. The summed E-state index contributed by atoms with van der Waals surface area (Å²) in [6.45, 7) is 5.95. The third-order valence-corrected chi connectivity index (χ3v) is 3.10. The Balaban J connectivity index is 2.31. The summed E-state index contributed by atoms with van der Waals surface area (Å²) in [7, 11) is 0. The van der Waals surface area contributed by atoms with Crippen LogP contribution in [-0.4, -0.2) is 5.66 Å². The molecule has 0 amide bonds. The monoisotopic (exact) mass is 210 g/mol. The molecule has 0 saturated carbocycles. The maximum atomic E-state index is 3.87. The number of nitrogens with one attached hydrogen (secondary N) is 2. The van der Waals surface area contributed by atoms with Gasteiger partial charge in [-0.25, -0.2) is 0 Å². The molecule has 2 aromatic carbocycles. The Labute approximate surface area is 95.0 Å². The van der Waals surface area contributed by atoms with Crippen molar-refractivity contribution in [3.05, 3.63) is 49.1 Å². The molecule has 1 heterocycles. The van der Waals surface area contributed by atoms with Gasteiger partial charge < -0.3 is 10.6 Å². The number of anilines is 2. The molecular weight excluding hydrogens is 196 g/mol. The highest BCUT2D eigenvalue weighted by Gasteiger charge is 2.25. The molecule has 2 heteroatoms. The largest absolute Gasteiger partial charge is 0.359 e. The van der Waals surface area contributed by atoms with Gasteiger partial charge in [-0.1, -0.05) is 30.8 Å². The third kappa shape index (κ3) is 1.20. The quantitative estimate of drug-likeness (QED) is 0.703. The van der Waals surface area contributed by atoms with Crippen LogP contribution in [0.25, 0.3) is 10.8 Å². The fourth-order valence-electron chi connectivity index (χ4n) is 2.24. The lowest BCUT2D eigenvalue weighted by atomic mass is 10.0. The Morgan fingerprint density at radius 1 is 1.06 bits per heavy atom. The Kier molecular flexibility index (Phi) is 1.75. The van der Waals surface area contributed by atoms with Crippen LogP contribution in [0, 0.1) is 0 Å². The van der Waals surface area contributed by atoms with Crippen molar-refractivity contribution in [3.8, 4) is 0 Å². The average Bonchev–Trinajstić information content (AvgIpc) is 2.29. The molecular formula is C14H14N2. The molecule has 2 aromatic rings. The molecule has 0 spiro atoms. The van der Waals surface area contributed by atoms with Gasteiger partial charge in [0.1, 0.15) is 5.66 Å². The summed E-state index contributed by atoms with van der Waals surface area (Å²) in [6.07, 6.45) is 1.89. The van der Waals surface area contributed by atoms with E-state index in [0.717, 1.165) is 11.4 Å². The molecule has 0 aliphatic carbocycles. The topological polar surface area (TPSA) is 24.1 Å². The zero-order valence-corrected chi connectivity index (χ0v) is 9.25. The zero-order valence-electron chi connectivity index (χ0n) is 9.25. The highest BCUT2D eigenvalue weighted by molar-refractivity contribution is 6.05. The SMILES string of the molecule is C=CC1(C)Nc2cccc3cccc(c23)N1. The van der Waals surface area contributed by atoms with Gasteiger partial charge in [0.05, 0.1) is 0 Å². The minimum Gasteiger partial charge on any atom is -0.359 e. The molecule has 2 nitrogen and oxygen atoms in total. The van der Waals surface area contributed by atoms with Crippen LogP contribution >= 0.6 is 0 Å². The standard InChI is InChI=1S/C14H14N2/c1-3-14(2)15-11-8-4-6-10-7-5-9-12(16-14)13(10)11/h3-9,15-16H,1H2,2H3. The maximum absolute atomic E-state index is 3.87. The smallest absolute Gasteiger partial charge is 0.124 e. The first-order valence-corrected chi connectivity index (χ1v) is 5.43. The van der Waals surface area contributed by atoms with Gasteiger partial charge in [0.25, 0.3) is 0 Å². The molecule has 0 atom stereocenters. The van der Waals surface area contributed by atoms with E-state index in [1.54, 1.807) is 0 Å². The van der Waals surface area contributed by atoms with E-state index in [2.05, 4.69) is 60.5 Å². The molecule has 1 aliphatic rings. The molecule has 0 saturated heterocycles. The first-order chi connectivity index (χ1) is 7.72. The predicted octanol–water partition coefficient (Wildman–Crippen LogP) is 3.58. The van der Waals surface area contributed by atoms with Gasteiger partial charge in [-0.3, -0.25) is 0 Å². The Morgan fingerprint density at radius 3 is 2.12 bits per heavy atom. The van der Waals surface area contributed by atoms with Crippen LogP contribution in [0.15, 0.2) is 49.1 Å². The lowest BCUT2D eigenvalue weighted by Crippen LogP contribution is -2.43. The summed E-state index contributed by atoms with van der Waals surface area (Å²) >= 11 is 0. The second kappa shape index (κ2) is 3.01. The second-order valence-electron chi connectivity index (χ2n) is 4.37. The minimum atomic E-state index is -0.275. The highest BCUT2D eigenvalue weighted by Crippen LogP contribution is 2.37. The van der Waals surface area contributed by atoms with E-state index >= 15 is 0 Å². The molecule has 80 valence electrons. The van der Waals surface area contributed by atoms with E-state index in [1.807, 2.05) is 6.08 Å². The number of rotatable bonds is 1. The average molecular weight is 210 g/mol. The fourth-order valence-corrected chi connectivity index (χ4v) is 2.24. The normalized spacial score (nSPS) is 16.3. The van der Waals surface area contributed by atoms with Gasteiger partial charge in [0.2, 0.25) is 0 Å². The van der Waals surface area contributed by atoms with Crippen LogP contribution in [0.1, 0.15) is 6.92 Å². The van der Waals surface area contributed by atoms with Crippen LogP contribution < -0.4 is 10.6 Å². The van der Waals surface area contributed by atoms with E-state index in [9.17, 15) is 0 Å². The van der Waals surface area contributed by atoms with Crippen LogP contribution in [-0.2, 0) is 0 Å². The Hall–Kier alpha value is -1.96. The van der Waals surface area contributed by atoms with Crippen molar-refractivity contribution >= 4 is 22.1 Å². The molecule has 2 N–H and O–H groups in total. The fraction of sp³-hybridized carbons (Fsp3) is 0.143. The third-order valence-electron chi connectivity index (χ3n) is 3.10. The summed E-state index contributed by atoms with van der Waals surface area (Å²) in [5.74, 6) is 0. The maximum Gasteiger partial charge on any atom is 0.124 e. The summed E-state index contributed by atoms with van der Waals surface area (Å²) in [4.78, 5) is 0. The van der Waals surface area contributed by atoms with Gasteiger partial charge in [-0.15, -0.1) is 0 Å². The molecule has 0 unspecified atom stereocenters. The molecule has 0 radical (unpaired) electrons. The Bertz CT molecular complexity index is 531. The van der Waals surface area contributed by atoms with Crippen molar-refractivity contribution in [1.82, 2.24) is 0 Å². The molecule has 16 heavy (non-hydrogen) atoms. The van der Waals surface area contributed by atoms with Crippen LogP contribution in [0.5, 0.6) is 0 Å². The summed E-state index contributed by atoms with van der Waals surface area (Å²) in [5, 5.41) is 9.42. The van der Waals surface area contributed by atoms with Gasteiger partial charge in [-0.2, -0.15) is 0 Å². The van der Waals surface area contributed by atoms with Crippen molar-refractivity contribution in [2.45, 2.75) is 12.6 Å². The molecule has 3 rings (SSSR count). The number of hydrogen-bond donors (Lipinski definition) is 2. The summed E-state index contributed by atoms with van der Waals surface area (Å²) in [5.41, 5.74) is 2.05. The van der Waals surface area contributed by atoms with Crippen LogP contribution in [0.3, 0.4) is 0 Å². The summed E-state index contributed by atoms with van der Waals surface area (Å²) in [6, 6.07) is 12.6. The van der Waals surface area contributed by atoms with E-state index < -0.39 is 0 Å². The first kappa shape index (κ1) is 9.28. The van der Waals surface area contributed by atoms with Crippen LogP contribution in [0.4, 0.5) is 11.4 Å². The van der Waals surface area contributed by atoms with Gasteiger partial charge >= 0.3 is 0 Å². The highest BCUT2D eigenvalue weighted by atomic mass is 15.2. The van der Waals surface area contributed by atoms with Crippen LogP contribution in [0.2, 0.25) is 0 Å². The van der Waals surface area contributed by atoms with Gasteiger partial charge in [-0.05, 0) is 30.5 Å². The second-order valence-corrected chi connectivity index (χ2v) is 4.37. The van der Waals surface area contributed by atoms with E-state index in [-0.39, 0.29) is 5.66 Å². The van der Waals surface area contributed by atoms with Crippen molar-refractivity contribution in [2.75, 3.05) is 10.6 Å². The summed E-state index contributed by atoms with van der Waals surface area (Å²) < 4.78 is 0. The zero-order chi connectivity index (χ0) is 11.2. The van der Waals surface area contributed by atoms with E-state index in [4.69, 9.17) is 0 Å². The van der Waals surface area contributed by atoms with E-state index in [0.29, 0.717) is 0 Å². The van der Waals surface area contributed by atoms with E-state index in [1.165, 1.54) is 10.8 Å². The number of benzene rings is 2.